The van der Waals surface area contributed by atoms with E-state index < -0.39 is 0 Å². The van der Waals surface area contributed by atoms with Crippen molar-refractivity contribution in [1.29, 1.82) is 5.41 Å². The number of anilines is 2. The number of rotatable bonds is 6. The van der Waals surface area contributed by atoms with Gasteiger partial charge in [-0.1, -0.05) is 6.07 Å². The summed E-state index contributed by atoms with van der Waals surface area (Å²) in [4.78, 5) is 17.7. The van der Waals surface area contributed by atoms with E-state index in [1.165, 1.54) is 6.33 Å². The molecule has 0 spiro atoms. The summed E-state index contributed by atoms with van der Waals surface area (Å²) in [7, 11) is 1.63. The molecule has 0 unspecified atom stereocenters. The number of hydrogen-bond acceptors (Lipinski definition) is 8. The smallest absolute Gasteiger partial charge is 0.132 e. The minimum absolute atomic E-state index is 0.261. The van der Waals surface area contributed by atoms with Gasteiger partial charge < -0.3 is 15.4 Å². The lowest BCUT2D eigenvalue weighted by Crippen LogP contribution is -2.49. The van der Waals surface area contributed by atoms with Crippen molar-refractivity contribution in [2.45, 2.75) is 19.9 Å². The van der Waals surface area contributed by atoms with Crippen molar-refractivity contribution in [2.24, 2.45) is 0 Å². The van der Waals surface area contributed by atoms with Crippen molar-refractivity contribution in [3.05, 3.63) is 60.3 Å². The second-order valence-electron chi connectivity index (χ2n) is 8.13. The maximum absolute atomic E-state index is 8.82. The van der Waals surface area contributed by atoms with Gasteiger partial charge in [-0.05, 0) is 37.6 Å². The molecule has 32 heavy (non-hydrogen) atoms. The van der Waals surface area contributed by atoms with Crippen molar-refractivity contribution in [1.82, 2.24) is 19.9 Å². The zero-order valence-corrected chi connectivity index (χ0v) is 18.7. The van der Waals surface area contributed by atoms with Gasteiger partial charge in [0, 0.05) is 67.5 Å². The van der Waals surface area contributed by atoms with E-state index in [0.717, 1.165) is 43.1 Å². The predicted octanol–water partition coefficient (Wildman–Crippen LogP) is 3.08. The highest BCUT2D eigenvalue weighted by Gasteiger charge is 2.21. The molecule has 8 heteroatoms. The molecular weight excluding hydrogens is 402 g/mol. The van der Waals surface area contributed by atoms with Crippen molar-refractivity contribution in [3.63, 3.8) is 0 Å². The van der Waals surface area contributed by atoms with E-state index >= 15 is 0 Å². The van der Waals surface area contributed by atoms with E-state index in [1.54, 1.807) is 25.6 Å². The Kier molecular flexibility index (Phi) is 6.32. The molecule has 3 heterocycles. The quantitative estimate of drug-likeness (QED) is 0.456. The average Bonchev–Trinajstić information content (AvgIpc) is 2.84. The number of nitrogens with one attached hydrogen (secondary N) is 1. The second-order valence-corrected chi connectivity index (χ2v) is 8.13. The number of nitrogens with two attached hydrogens (primary N) is 1. The summed E-state index contributed by atoms with van der Waals surface area (Å²) in [5.74, 6) is 1.55. The zero-order chi connectivity index (χ0) is 22.7. The molecule has 4 rings (SSSR count). The van der Waals surface area contributed by atoms with Crippen LogP contribution in [0.1, 0.15) is 25.1 Å². The summed E-state index contributed by atoms with van der Waals surface area (Å²) < 4.78 is 5.47. The summed E-state index contributed by atoms with van der Waals surface area (Å²) in [5.41, 5.74) is 9.91. The lowest BCUT2D eigenvalue weighted by molar-refractivity contribution is 0.209. The number of aromatic nitrogens is 3. The number of pyridine rings is 1. The number of nitrogen functional groups attached to an aromatic ring is 1. The third kappa shape index (κ3) is 4.40. The third-order valence-corrected chi connectivity index (χ3v) is 5.91. The van der Waals surface area contributed by atoms with Crippen LogP contribution in [0.5, 0.6) is 5.75 Å². The van der Waals surface area contributed by atoms with E-state index in [-0.39, 0.29) is 5.71 Å². The van der Waals surface area contributed by atoms with Gasteiger partial charge in [0.05, 0.1) is 18.5 Å². The number of methoxy groups -OCH3 is 1. The lowest BCUT2D eigenvalue weighted by Gasteiger charge is -2.37. The molecule has 1 fully saturated rings. The zero-order valence-electron chi connectivity index (χ0n) is 18.7. The Hall–Kier alpha value is -3.52. The van der Waals surface area contributed by atoms with Crippen LogP contribution in [0.15, 0.2) is 49.1 Å². The Bertz CT molecular complexity index is 1110. The van der Waals surface area contributed by atoms with Crippen LogP contribution in [0.2, 0.25) is 0 Å². The number of piperazine rings is 1. The van der Waals surface area contributed by atoms with Gasteiger partial charge in [0.1, 0.15) is 17.9 Å². The number of ether oxygens (including phenoxy) is 1. The van der Waals surface area contributed by atoms with Crippen LogP contribution in [-0.4, -0.2) is 64.9 Å². The summed E-state index contributed by atoms with van der Waals surface area (Å²) in [6.07, 6.45) is 4.96. The summed E-state index contributed by atoms with van der Waals surface area (Å²) in [6, 6.07) is 9.83. The molecule has 1 saturated heterocycles. The Labute approximate surface area is 188 Å². The van der Waals surface area contributed by atoms with Gasteiger partial charge >= 0.3 is 0 Å². The van der Waals surface area contributed by atoms with Gasteiger partial charge in [0.25, 0.3) is 0 Å². The van der Waals surface area contributed by atoms with E-state index in [2.05, 4.69) is 38.6 Å². The van der Waals surface area contributed by atoms with Crippen molar-refractivity contribution < 1.29 is 4.74 Å². The Morgan fingerprint density at radius 3 is 2.59 bits per heavy atom. The molecule has 0 saturated carbocycles. The molecule has 1 aliphatic rings. The largest absolute Gasteiger partial charge is 0.496 e. The van der Waals surface area contributed by atoms with Crippen LogP contribution in [0.4, 0.5) is 11.5 Å². The number of nitrogens with zero attached hydrogens (tertiary/aromatic N) is 5. The molecule has 0 atom stereocenters. The first-order valence-corrected chi connectivity index (χ1v) is 10.8. The molecule has 0 amide bonds. The molecular formula is C24H29N7O. The van der Waals surface area contributed by atoms with Crippen LogP contribution < -0.4 is 15.4 Å². The molecule has 1 aliphatic heterocycles. The van der Waals surface area contributed by atoms with Gasteiger partial charge in [0.15, 0.2) is 0 Å². The van der Waals surface area contributed by atoms with Crippen molar-refractivity contribution in [3.8, 4) is 16.9 Å². The highest BCUT2D eigenvalue weighted by Crippen LogP contribution is 2.31. The summed E-state index contributed by atoms with van der Waals surface area (Å²) in [5, 5.41) is 8.82. The monoisotopic (exact) mass is 431 g/mol. The number of benzene rings is 1. The first-order valence-electron chi connectivity index (χ1n) is 10.8. The Morgan fingerprint density at radius 1 is 1.09 bits per heavy atom. The summed E-state index contributed by atoms with van der Waals surface area (Å²) in [6.45, 7) is 8.24. The molecule has 1 aromatic carbocycles. The second kappa shape index (κ2) is 9.32. The van der Waals surface area contributed by atoms with E-state index in [1.807, 2.05) is 24.3 Å². The maximum Gasteiger partial charge on any atom is 0.132 e. The Morgan fingerprint density at radius 2 is 1.88 bits per heavy atom. The molecule has 0 bridgehead atoms. The molecule has 8 nitrogen and oxygen atoms in total. The predicted molar refractivity (Wildman–Crippen MR) is 128 cm³/mol. The minimum atomic E-state index is 0.261. The van der Waals surface area contributed by atoms with Gasteiger partial charge in [0.2, 0.25) is 0 Å². The van der Waals surface area contributed by atoms with Gasteiger partial charge in [-0.15, -0.1) is 0 Å². The average molecular weight is 432 g/mol. The van der Waals surface area contributed by atoms with Crippen molar-refractivity contribution >= 4 is 17.2 Å². The lowest BCUT2D eigenvalue weighted by atomic mass is 9.98. The molecule has 3 aromatic rings. The van der Waals surface area contributed by atoms with Crippen LogP contribution in [0.3, 0.4) is 0 Å². The molecule has 2 aromatic heterocycles. The van der Waals surface area contributed by atoms with Crippen molar-refractivity contribution in [2.75, 3.05) is 43.9 Å². The van der Waals surface area contributed by atoms with Crippen LogP contribution >= 0.6 is 0 Å². The van der Waals surface area contributed by atoms with E-state index in [9.17, 15) is 0 Å². The standard InChI is InChI=1S/C24H29N7O/c1-16(2)30-8-10-31(11-9-30)23-13-21(28-15-29-23)24(26)18-12-17(4-5-20(18)25)19-14-27-7-6-22(19)32-3/h4-7,12-16,26H,8-11,25H2,1-3H3. The van der Waals surface area contributed by atoms with Crippen LogP contribution in [0.25, 0.3) is 11.1 Å². The fraction of sp³-hybridized carbons (Fsp3) is 0.333. The van der Waals surface area contributed by atoms with Crippen LogP contribution in [-0.2, 0) is 0 Å². The van der Waals surface area contributed by atoms with Gasteiger partial charge in [-0.25, -0.2) is 9.97 Å². The summed E-state index contributed by atoms with van der Waals surface area (Å²) >= 11 is 0. The topological polar surface area (TPSA) is 104 Å². The van der Waals surface area contributed by atoms with Gasteiger partial charge in [-0.3, -0.25) is 15.3 Å². The number of hydrogen-bond donors (Lipinski definition) is 2. The first-order chi connectivity index (χ1) is 15.5. The minimum Gasteiger partial charge on any atom is -0.496 e. The van der Waals surface area contributed by atoms with E-state index in [4.69, 9.17) is 15.9 Å². The first kappa shape index (κ1) is 21.7. The third-order valence-electron chi connectivity index (χ3n) is 5.91. The molecule has 3 N–H and O–H groups in total. The highest BCUT2D eigenvalue weighted by molar-refractivity contribution is 6.13. The fourth-order valence-corrected chi connectivity index (χ4v) is 3.98. The van der Waals surface area contributed by atoms with Gasteiger partial charge in [-0.2, -0.15) is 0 Å². The normalized spacial score (nSPS) is 14.6. The molecule has 0 aliphatic carbocycles. The molecule has 0 radical (unpaired) electrons. The highest BCUT2D eigenvalue weighted by atomic mass is 16.5. The van der Waals surface area contributed by atoms with E-state index in [0.29, 0.717) is 28.7 Å². The molecule has 166 valence electrons. The maximum atomic E-state index is 8.82. The fourth-order valence-electron chi connectivity index (χ4n) is 3.98. The Balaban J connectivity index is 1.61. The van der Waals surface area contributed by atoms with Crippen LogP contribution in [0, 0.1) is 5.41 Å². The SMILES string of the molecule is COc1ccncc1-c1ccc(N)c(C(=N)c2cc(N3CCN(C(C)C)CC3)ncn2)c1.